The van der Waals surface area contributed by atoms with Crippen molar-refractivity contribution in [1.82, 2.24) is 9.88 Å². The van der Waals surface area contributed by atoms with Crippen molar-refractivity contribution < 1.29 is 9.53 Å². The molecular weight excluding hydrogens is 300 g/mol. The predicted molar refractivity (Wildman–Crippen MR) is 93.6 cm³/mol. The van der Waals surface area contributed by atoms with E-state index in [-0.39, 0.29) is 18.1 Å². The van der Waals surface area contributed by atoms with E-state index in [1.807, 2.05) is 35.2 Å². The van der Waals surface area contributed by atoms with E-state index in [1.165, 1.54) is 5.56 Å². The molecule has 1 aromatic heterocycles. The third-order valence-corrected chi connectivity index (χ3v) is 4.71. The molecule has 0 unspecified atom stereocenters. The molecule has 1 amide bonds. The van der Waals surface area contributed by atoms with E-state index < -0.39 is 0 Å². The maximum Gasteiger partial charge on any atom is 0.227 e. The second kappa shape index (κ2) is 8.06. The molecule has 126 valence electrons. The summed E-state index contributed by atoms with van der Waals surface area (Å²) in [6.07, 6.45) is 6.81. The number of aromatic nitrogens is 1. The van der Waals surface area contributed by atoms with Crippen molar-refractivity contribution in [1.29, 1.82) is 0 Å². The lowest BCUT2D eigenvalue weighted by Crippen LogP contribution is -2.53. The van der Waals surface area contributed by atoms with Crippen LogP contribution in [-0.2, 0) is 22.4 Å². The number of carbonyl (C=O) groups is 1. The van der Waals surface area contributed by atoms with Gasteiger partial charge >= 0.3 is 0 Å². The van der Waals surface area contributed by atoms with Crippen molar-refractivity contribution in [3.05, 3.63) is 66.0 Å². The largest absolute Gasteiger partial charge is 0.379 e. The van der Waals surface area contributed by atoms with Gasteiger partial charge in [0.15, 0.2) is 0 Å². The minimum atomic E-state index is 0.0929. The number of carbonyl (C=O) groups excluding carboxylic acids is 1. The predicted octanol–water partition coefficient (Wildman–Crippen LogP) is 2.87. The van der Waals surface area contributed by atoms with Gasteiger partial charge in [0.25, 0.3) is 0 Å². The van der Waals surface area contributed by atoms with E-state index in [0.717, 1.165) is 31.4 Å². The van der Waals surface area contributed by atoms with Crippen LogP contribution in [0.1, 0.15) is 24.0 Å². The van der Waals surface area contributed by atoms with Crippen LogP contribution < -0.4 is 0 Å². The summed E-state index contributed by atoms with van der Waals surface area (Å²) in [7, 11) is 1.75. The van der Waals surface area contributed by atoms with Crippen LogP contribution in [0.5, 0.6) is 0 Å². The maximum absolute atomic E-state index is 12.9. The maximum atomic E-state index is 12.9. The molecule has 2 atom stereocenters. The number of pyridine rings is 1. The molecule has 3 rings (SSSR count). The molecule has 1 aromatic carbocycles. The Morgan fingerprint density at radius 1 is 1.21 bits per heavy atom. The molecule has 0 radical (unpaired) electrons. The lowest BCUT2D eigenvalue weighted by molar-refractivity contribution is -0.139. The number of piperidine rings is 1. The first-order chi connectivity index (χ1) is 11.8. The molecule has 0 N–H and O–H groups in total. The molecular formula is C20H24N2O2. The van der Waals surface area contributed by atoms with Crippen LogP contribution in [0.2, 0.25) is 0 Å². The number of ether oxygens (including phenoxy) is 1. The number of benzene rings is 1. The highest BCUT2D eigenvalue weighted by Crippen LogP contribution is 2.24. The molecule has 0 spiro atoms. The number of nitrogens with zero attached hydrogens (tertiary/aromatic N) is 2. The van der Waals surface area contributed by atoms with Crippen LogP contribution in [-0.4, -0.2) is 41.6 Å². The van der Waals surface area contributed by atoms with Gasteiger partial charge in [0, 0.05) is 26.0 Å². The standard InChI is InChI=1S/C20H24N2O2/c1-24-19-10-6-12-22(18(19)13-16-7-3-2-4-8-16)20(23)14-17-9-5-11-21-15-17/h2-5,7-9,11,15,18-19H,6,10,12-14H2,1H3/t18-,19-/m0/s1. The van der Waals surface area contributed by atoms with Gasteiger partial charge < -0.3 is 9.64 Å². The van der Waals surface area contributed by atoms with Crippen molar-refractivity contribution in [2.45, 2.75) is 37.8 Å². The summed E-state index contributed by atoms with van der Waals surface area (Å²) < 4.78 is 5.70. The van der Waals surface area contributed by atoms with Crippen LogP contribution in [0.4, 0.5) is 0 Å². The zero-order valence-corrected chi connectivity index (χ0v) is 14.1. The van der Waals surface area contributed by atoms with Gasteiger partial charge in [-0.1, -0.05) is 36.4 Å². The lowest BCUT2D eigenvalue weighted by Gasteiger charge is -2.41. The van der Waals surface area contributed by atoms with Gasteiger partial charge in [0.05, 0.1) is 18.6 Å². The Kier molecular flexibility index (Phi) is 5.59. The van der Waals surface area contributed by atoms with Crippen LogP contribution in [0, 0.1) is 0 Å². The highest BCUT2D eigenvalue weighted by molar-refractivity contribution is 5.79. The van der Waals surface area contributed by atoms with Gasteiger partial charge in [-0.2, -0.15) is 0 Å². The van der Waals surface area contributed by atoms with Gasteiger partial charge in [-0.15, -0.1) is 0 Å². The van der Waals surface area contributed by atoms with Crippen molar-refractivity contribution in [3.8, 4) is 0 Å². The highest BCUT2D eigenvalue weighted by atomic mass is 16.5. The monoisotopic (exact) mass is 324 g/mol. The third-order valence-electron chi connectivity index (χ3n) is 4.71. The first-order valence-corrected chi connectivity index (χ1v) is 8.53. The van der Waals surface area contributed by atoms with Crippen molar-refractivity contribution in [2.24, 2.45) is 0 Å². The van der Waals surface area contributed by atoms with Crippen molar-refractivity contribution >= 4 is 5.91 Å². The summed E-state index contributed by atoms with van der Waals surface area (Å²) in [5.41, 5.74) is 2.20. The van der Waals surface area contributed by atoms with Crippen molar-refractivity contribution in [3.63, 3.8) is 0 Å². The first-order valence-electron chi connectivity index (χ1n) is 8.53. The van der Waals surface area contributed by atoms with Gasteiger partial charge in [0.1, 0.15) is 0 Å². The molecule has 0 aliphatic carbocycles. The number of rotatable bonds is 5. The van der Waals surface area contributed by atoms with E-state index in [9.17, 15) is 4.79 Å². The van der Waals surface area contributed by atoms with Crippen LogP contribution in [0.15, 0.2) is 54.9 Å². The summed E-state index contributed by atoms with van der Waals surface area (Å²) in [4.78, 5) is 19.0. The van der Waals surface area contributed by atoms with Crippen LogP contribution in [0.3, 0.4) is 0 Å². The highest BCUT2D eigenvalue weighted by Gasteiger charge is 2.34. The number of amides is 1. The minimum absolute atomic E-state index is 0.0929. The Morgan fingerprint density at radius 3 is 2.71 bits per heavy atom. The van der Waals surface area contributed by atoms with Crippen molar-refractivity contribution in [2.75, 3.05) is 13.7 Å². The SMILES string of the molecule is CO[C@H]1CCCN(C(=O)Cc2cccnc2)[C@H]1Cc1ccccc1. The number of likely N-dealkylation sites (tertiary alicyclic amines) is 1. The molecule has 1 aliphatic rings. The van der Waals surface area contributed by atoms with Gasteiger partial charge in [-0.25, -0.2) is 0 Å². The lowest BCUT2D eigenvalue weighted by atomic mass is 9.92. The van der Waals surface area contributed by atoms with E-state index in [4.69, 9.17) is 4.74 Å². The fraction of sp³-hybridized carbons (Fsp3) is 0.400. The fourth-order valence-corrected chi connectivity index (χ4v) is 3.48. The molecule has 24 heavy (non-hydrogen) atoms. The van der Waals surface area contributed by atoms with Gasteiger partial charge in [-0.05, 0) is 36.5 Å². The molecule has 2 heterocycles. The molecule has 1 saturated heterocycles. The van der Waals surface area contributed by atoms with E-state index in [2.05, 4.69) is 17.1 Å². The molecule has 1 aliphatic heterocycles. The van der Waals surface area contributed by atoms with Crippen LogP contribution in [0.25, 0.3) is 0 Å². The summed E-state index contributed by atoms with van der Waals surface area (Å²) >= 11 is 0. The Hall–Kier alpha value is -2.20. The number of hydrogen-bond donors (Lipinski definition) is 0. The summed E-state index contributed by atoms with van der Waals surface area (Å²) in [5.74, 6) is 0.158. The van der Waals surface area contributed by atoms with E-state index >= 15 is 0 Å². The van der Waals surface area contributed by atoms with E-state index in [1.54, 1.807) is 19.5 Å². The molecule has 0 saturated carbocycles. The molecule has 4 nitrogen and oxygen atoms in total. The number of methoxy groups -OCH3 is 1. The van der Waals surface area contributed by atoms with Gasteiger partial charge in [0.2, 0.25) is 5.91 Å². The van der Waals surface area contributed by atoms with E-state index in [0.29, 0.717) is 6.42 Å². The Labute approximate surface area is 143 Å². The summed E-state index contributed by atoms with van der Waals surface area (Å²) in [6.45, 7) is 0.802. The molecule has 0 bridgehead atoms. The second-order valence-corrected chi connectivity index (χ2v) is 6.30. The average Bonchev–Trinajstić information content (AvgIpc) is 2.63. The smallest absolute Gasteiger partial charge is 0.227 e. The zero-order chi connectivity index (χ0) is 16.8. The Morgan fingerprint density at radius 2 is 2.00 bits per heavy atom. The normalized spacial score (nSPS) is 20.8. The average molecular weight is 324 g/mol. The zero-order valence-electron chi connectivity index (χ0n) is 14.1. The van der Waals surface area contributed by atoms with Gasteiger partial charge in [-0.3, -0.25) is 9.78 Å². The Balaban J connectivity index is 1.76. The quantitative estimate of drug-likeness (QED) is 0.849. The fourth-order valence-electron chi connectivity index (χ4n) is 3.48. The number of hydrogen-bond acceptors (Lipinski definition) is 3. The van der Waals surface area contributed by atoms with Crippen LogP contribution >= 0.6 is 0 Å². The molecule has 4 heteroatoms. The second-order valence-electron chi connectivity index (χ2n) is 6.30. The summed E-state index contributed by atoms with van der Waals surface area (Å²) in [5, 5.41) is 0. The topological polar surface area (TPSA) is 42.4 Å². The first kappa shape index (κ1) is 16.7. The minimum Gasteiger partial charge on any atom is -0.379 e. The molecule has 1 fully saturated rings. The third kappa shape index (κ3) is 4.01. The summed E-state index contributed by atoms with van der Waals surface area (Å²) in [6, 6.07) is 14.3. The Bertz CT molecular complexity index is 645. The molecule has 2 aromatic rings.